The van der Waals surface area contributed by atoms with Crippen molar-refractivity contribution in [2.45, 2.75) is 18.2 Å². The van der Waals surface area contributed by atoms with Crippen molar-refractivity contribution in [1.82, 2.24) is 5.32 Å². The van der Waals surface area contributed by atoms with E-state index in [1.54, 1.807) is 6.26 Å². The fourth-order valence-corrected chi connectivity index (χ4v) is 3.03. The minimum Gasteiger partial charge on any atom is -0.455 e. The zero-order valence-corrected chi connectivity index (χ0v) is 12.8. The van der Waals surface area contributed by atoms with E-state index in [1.165, 1.54) is 6.92 Å². The Hall–Kier alpha value is -0.860. The van der Waals surface area contributed by atoms with Gasteiger partial charge in [0.2, 0.25) is 0 Å². The van der Waals surface area contributed by atoms with E-state index in [2.05, 4.69) is 5.32 Å². The van der Waals surface area contributed by atoms with Crippen molar-refractivity contribution in [3.05, 3.63) is 17.6 Å². The third-order valence-corrected chi connectivity index (χ3v) is 4.55. The van der Waals surface area contributed by atoms with Crippen LogP contribution in [-0.4, -0.2) is 37.1 Å². The molecule has 19 heavy (non-hydrogen) atoms. The van der Waals surface area contributed by atoms with E-state index in [1.807, 2.05) is 0 Å². The largest absolute Gasteiger partial charge is 0.455 e. The zero-order chi connectivity index (χ0) is 14.6. The first-order valence-electron chi connectivity index (χ1n) is 5.35. The molecule has 0 aliphatic carbocycles. The number of aryl methyl sites for hydroxylation is 1. The SMILES string of the molecule is Cc1oc(C(=O)NCCCS(C)=O)cc1S(=O)(=O)Cl. The first kappa shape index (κ1) is 16.2. The van der Waals surface area contributed by atoms with Crippen LogP contribution >= 0.6 is 10.7 Å². The van der Waals surface area contributed by atoms with Gasteiger partial charge in [-0.15, -0.1) is 0 Å². The van der Waals surface area contributed by atoms with E-state index < -0.39 is 25.8 Å². The first-order valence-corrected chi connectivity index (χ1v) is 9.39. The van der Waals surface area contributed by atoms with Crippen LogP contribution in [0.5, 0.6) is 0 Å². The number of amides is 1. The molecular formula is C10H14ClNO5S2. The summed E-state index contributed by atoms with van der Waals surface area (Å²) >= 11 is 0. The molecule has 1 atom stereocenters. The Morgan fingerprint density at radius 2 is 2.16 bits per heavy atom. The highest BCUT2D eigenvalue weighted by Gasteiger charge is 2.21. The van der Waals surface area contributed by atoms with Crippen molar-refractivity contribution in [2.75, 3.05) is 18.6 Å². The van der Waals surface area contributed by atoms with Gasteiger partial charge in [0.1, 0.15) is 10.7 Å². The fraction of sp³-hybridized carbons (Fsp3) is 0.500. The second-order valence-electron chi connectivity index (χ2n) is 3.86. The topological polar surface area (TPSA) is 93.4 Å². The van der Waals surface area contributed by atoms with Gasteiger partial charge >= 0.3 is 0 Å². The number of hydrogen-bond donors (Lipinski definition) is 1. The Morgan fingerprint density at radius 3 is 2.63 bits per heavy atom. The molecule has 1 N–H and O–H groups in total. The maximum atomic E-state index is 11.7. The van der Waals surface area contributed by atoms with Gasteiger partial charge in [0.25, 0.3) is 15.0 Å². The van der Waals surface area contributed by atoms with E-state index in [4.69, 9.17) is 15.1 Å². The summed E-state index contributed by atoms with van der Waals surface area (Å²) in [5.41, 5.74) is 0. The quantitative estimate of drug-likeness (QED) is 0.621. The predicted octanol–water partition coefficient (Wildman–Crippen LogP) is 1.01. The van der Waals surface area contributed by atoms with Gasteiger partial charge in [-0.25, -0.2) is 8.42 Å². The Morgan fingerprint density at radius 1 is 1.53 bits per heavy atom. The lowest BCUT2D eigenvalue weighted by Crippen LogP contribution is -2.24. The van der Waals surface area contributed by atoms with Gasteiger partial charge in [0, 0.05) is 46.1 Å². The fourth-order valence-electron chi connectivity index (χ4n) is 1.38. The molecule has 1 unspecified atom stereocenters. The number of carbonyl (C=O) groups is 1. The van der Waals surface area contributed by atoms with Gasteiger partial charge < -0.3 is 9.73 Å². The van der Waals surface area contributed by atoms with Crippen LogP contribution in [0.4, 0.5) is 0 Å². The van der Waals surface area contributed by atoms with Gasteiger partial charge in [-0.1, -0.05) is 0 Å². The van der Waals surface area contributed by atoms with E-state index in [9.17, 15) is 17.4 Å². The van der Waals surface area contributed by atoms with Crippen LogP contribution in [0.2, 0.25) is 0 Å². The lowest BCUT2D eigenvalue weighted by atomic mass is 10.4. The van der Waals surface area contributed by atoms with Crippen molar-refractivity contribution >= 4 is 36.4 Å². The number of halogens is 1. The van der Waals surface area contributed by atoms with E-state index in [0.29, 0.717) is 18.7 Å². The van der Waals surface area contributed by atoms with Crippen LogP contribution in [0, 0.1) is 6.92 Å². The van der Waals surface area contributed by atoms with Crippen LogP contribution in [0.25, 0.3) is 0 Å². The van der Waals surface area contributed by atoms with Gasteiger partial charge in [-0.05, 0) is 13.3 Å². The van der Waals surface area contributed by atoms with Crippen LogP contribution in [-0.2, 0) is 19.9 Å². The zero-order valence-electron chi connectivity index (χ0n) is 10.4. The number of rotatable bonds is 6. The van der Waals surface area contributed by atoms with Crippen molar-refractivity contribution in [1.29, 1.82) is 0 Å². The van der Waals surface area contributed by atoms with Gasteiger partial charge in [0.05, 0.1) is 0 Å². The second-order valence-corrected chi connectivity index (χ2v) is 7.94. The van der Waals surface area contributed by atoms with Gasteiger partial charge in [0.15, 0.2) is 5.76 Å². The molecule has 0 aliphatic heterocycles. The molecule has 0 bridgehead atoms. The minimum absolute atomic E-state index is 0.0646. The maximum absolute atomic E-state index is 11.7. The number of hydrogen-bond acceptors (Lipinski definition) is 5. The van der Waals surface area contributed by atoms with E-state index in [-0.39, 0.29) is 16.4 Å². The minimum atomic E-state index is -3.92. The van der Waals surface area contributed by atoms with Crippen LogP contribution in [0.3, 0.4) is 0 Å². The summed E-state index contributed by atoms with van der Waals surface area (Å²) < 4.78 is 38.2. The van der Waals surface area contributed by atoms with E-state index >= 15 is 0 Å². The molecule has 108 valence electrons. The van der Waals surface area contributed by atoms with Crippen LogP contribution in [0.15, 0.2) is 15.4 Å². The number of furan rings is 1. The van der Waals surface area contributed by atoms with Gasteiger partial charge in [-0.2, -0.15) is 0 Å². The summed E-state index contributed by atoms with van der Waals surface area (Å²) in [6.07, 6.45) is 2.14. The Labute approximate surface area is 118 Å². The van der Waals surface area contributed by atoms with Crippen LogP contribution < -0.4 is 5.32 Å². The average molecular weight is 328 g/mol. The summed E-state index contributed by atoms with van der Waals surface area (Å²) in [6, 6.07) is 1.09. The smallest absolute Gasteiger partial charge is 0.287 e. The van der Waals surface area contributed by atoms with Crippen molar-refractivity contribution < 1.29 is 21.8 Å². The number of nitrogens with one attached hydrogen (secondary N) is 1. The molecule has 0 saturated heterocycles. The maximum Gasteiger partial charge on any atom is 0.287 e. The Bertz CT molecular complexity index is 593. The molecule has 0 radical (unpaired) electrons. The molecule has 6 nitrogen and oxygen atoms in total. The standard InChI is InChI=1S/C10H14ClNO5S2/c1-7-9(19(11,15)16)6-8(17-7)10(13)12-4-3-5-18(2)14/h6H,3-5H2,1-2H3,(H,12,13). The predicted molar refractivity (Wildman–Crippen MR) is 72.4 cm³/mol. The highest BCUT2D eigenvalue weighted by atomic mass is 35.7. The lowest BCUT2D eigenvalue weighted by Gasteiger charge is -2.01. The molecule has 0 aromatic carbocycles. The normalized spacial score (nSPS) is 13.2. The average Bonchev–Trinajstić information content (AvgIpc) is 2.66. The summed E-state index contributed by atoms with van der Waals surface area (Å²) in [5.74, 6) is -0.0978. The summed E-state index contributed by atoms with van der Waals surface area (Å²) in [4.78, 5) is 11.4. The molecule has 9 heteroatoms. The molecule has 0 fully saturated rings. The van der Waals surface area contributed by atoms with E-state index in [0.717, 1.165) is 6.07 Å². The summed E-state index contributed by atoms with van der Waals surface area (Å²) in [6.45, 7) is 1.74. The number of carbonyl (C=O) groups excluding carboxylic acids is 1. The summed E-state index contributed by atoms with van der Waals surface area (Å²) in [7, 11) is 0.358. The third-order valence-electron chi connectivity index (χ3n) is 2.25. The van der Waals surface area contributed by atoms with Gasteiger partial charge in [-0.3, -0.25) is 9.00 Å². The molecule has 1 amide bonds. The highest BCUT2D eigenvalue weighted by Crippen LogP contribution is 2.23. The third kappa shape index (κ3) is 4.96. The Kier molecular flexibility index (Phi) is 5.57. The molecule has 0 aliphatic rings. The molecule has 1 aromatic heterocycles. The highest BCUT2D eigenvalue weighted by molar-refractivity contribution is 8.13. The first-order chi connectivity index (χ1) is 8.71. The molecule has 0 saturated carbocycles. The molecule has 1 rings (SSSR count). The molecule has 1 aromatic rings. The monoisotopic (exact) mass is 327 g/mol. The molecule has 1 heterocycles. The molecule has 0 spiro atoms. The second kappa shape index (κ2) is 6.53. The lowest BCUT2D eigenvalue weighted by molar-refractivity contribution is 0.0924. The van der Waals surface area contributed by atoms with Crippen molar-refractivity contribution in [3.63, 3.8) is 0 Å². The summed E-state index contributed by atoms with van der Waals surface area (Å²) in [5, 5.41) is 2.54. The Balaban J connectivity index is 2.66. The van der Waals surface area contributed by atoms with Crippen molar-refractivity contribution in [2.24, 2.45) is 0 Å². The van der Waals surface area contributed by atoms with Crippen LogP contribution in [0.1, 0.15) is 22.7 Å². The van der Waals surface area contributed by atoms with Crippen molar-refractivity contribution in [3.8, 4) is 0 Å². The molecular weight excluding hydrogens is 314 g/mol.